The van der Waals surface area contributed by atoms with E-state index in [1.807, 2.05) is 10.3 Å². The minimum atomic E-state index is -4.06. The van der Waals surface area contributed by atoms with E-state index in [1.54, 1.807) is 6.07 Å². The number of thiazole rings is 1. The fourth-order valence-corrected chi connectivity index (χ4v) is 5.98. The molecular formula is C20H17ClF3N3O2S2. The van der Waals surface area contributed by atoms with Gasteiger partial charge < -0.3 is 4.90 Å². The third-order valence-corrected chi connectivity index (χ3v) is 7.97. The number of halogens is 4. The molecular weight excluding hydrogens is 471 g/mol. The van der Waals surface area contributed by atoms with E-state index in [9.17, 15) is 21.6 Å². The number of hydrogen-bond donors (Lipinski definition) is 0. The highest BCUT2D eigenvalue weighted by atomic mass is 35.5. The lowest BCUT2D eigenvalue weighted by Crippen LogP contribution is -2.48. The SMILES string of the molecule is O=S(=O)(c1ccc(F)cc1F)N1CCN(c2nc(Cc3cc(F)cc(Cl)c3)cs2)CC1. The van der Waals surface area contributed by atoms with E-state index >= 15 is 0 Å². The van der Waals surface area contributed by atoms with Crippen molar-refractivity contribution in [2.75, 3.05) is 31.1 Å². The van der Waals surface area contributed by atoms with Gasteiger partial charge in [-0.15, -0.1) is 11.3 Å². The Morgan fingerprint density at radius 1 is 1.00 bits per heavy atom. The number of hydrogen-bond acceptors (Lipinski definition) is 5. The minimum absolute atomic E-state index is 0.146. The molecule has 0 unspecified atom stereocenters. The quantitative estimate of drug-likeness (QED) is 0.538. The van der Waals surface area contributed by atoms with Gasteiger partial charge in [-0.05, 0) is 35.9 Å². The van der Waals surface area contributed by atoms with Crippen molar-refractivity contribution in [3.8, 4) is 0 Å². The maximum Gasteiger partial charge on any atom is 0.246 e. The zero-order chi connectivity index (χ0) is 22.2. The van der Waals surface area contributed by atoms with E-state index in [4.69, 9.17) is 11.6 Å². The van der Waals surface area contributed by atoms with Crippen LogP contribution in [0.1, 0.15) is 11.3 Å². The van der Waals surface area contributed by atoms with Gasteiger partial charge in [-0.25, -0.2) is 26.6 Å². The van der Waals surface area contributed by atoms with Crippen LogP contribution in [-0.4, -0.2) is 43.9 Å². The molecule has 0 saturated carbocycles. The lowest BCUT2D eigenvalue weighted by molar-refractivity contribution is 0.382. The Morgan fingerprint density at radius 2 is 1.74 bits per heavy atom. The standard InChI is InChI=1S/C20H17ClF3N3O2S2/c21-14-7-13(8-16(23)10-14)9-17-12-30-20(25-17)26-3-5-27(6-4-26)31(28,29)19-2-1-15(22)11-18(19)24/h1-2,7-8,10-12H,3-6,9H2. The van der Waals surface area contributed by atoms with Crippen molar-refractivity contribution in [1.82, 2.24) is 9.29 Å². The summed E-state index contributed by atoms with van der Waals surface area (Å²) in [6.45, 7) is 1.04. The molecule has 0 spiro atoms. The van der Waals surface area contributed by atoms with E-state index in [2.05, 4.69) is 4.98 Å². The lowest BCUT2D eigenvalue weighted by atomic mass is 10.1. The van der Waals surface area contributed by atoms with Crippen molar-refractivity contribution in [3.05, 3.63) is 75.5 Å². The Labute approximate surface area is 186 Å². The van der Waals surface area contributed by atoms with E-state index < -0.39 is 32.4 Å². The fraction of sp³-hybridized carbons (Fsp3) is 0.250. The molecule has 5 nitrogen and oxygen atoms in total. The molecule has 2 heterocycles. The summed E-state index contributed by atoms with van der Waals surface area (Å²) in [4.78, 5) is 5.98. The molecule has 1 saturated heterocycles. The number of rotatable bonds is 5. The molecule has 164 valence electrons. The molecule has 11 heteroatoms. The Bertz CT molecular complexity index is 1190. The highest BCUT2D eigenvalue weighted by molar-refractivity contribution is 7.89. The van der Waals surface area contributed by atoms with Gasteiger partial charge in [0.05, 0.1) is 5.69 Å². The Kier molecular flexibility index (Phi) is 6.25. The van der Waals surface area contributed by atoms with Gasteiger partial charge in [0, 0.05) is 49.1 Å². The predicted octanol–water partition coefficient (Wildman–Crippen LogP) is 4.32. The summed E-state index contributed by atoms with van der Waals surface area (Å²) < 4.78 is 67.2. The molecule has 0 aliphatic carbocycles. The van der Waals surface area contributed by atoms with Crippen molar-refractivity contribution in [3.63, 3.8) is 0 Å². The minimum Gasteiger partial charge on any atom is -0.345 e. The predicted molar refractivity (Wildman–Crippen MR) is 114 cm³/mol. The van der Waals surface area contributed by atoms with Gasteiger partial charge in [0.15, 0.2) is 5.13 Å². The first kappa shape index (κ1) is 22.1. The number of aromatic nitrogens is 1. The summed E-state index contributed by atoms with van der Waals surface area (Å²) in [5.74, 6) is -2.35. The lowest BCUT2D eigenvalue weighted by Gasteiger charge is -2.33. The van der Waals surface area contributed by atoms with Crippen LogP contribution in [0, 0.1) is 17.5 Å². The Hall–Kier alpha value is -2.14. The van der Waals surface area contributed by atoms with Crippen LogP contribution in [-0.2, 0) is 16.4 Å². The van der Waals surface area contributed by atoms with E-state index in [1.165, 1.54) is 27.8 Å². The number of benzene rings is 2. The number of anilines is 1. The summed E-state index contributed by atoms with van der Waals surface area (Å²) in [5.41, 5.74) is 1.46. The second-order valence-electron chi connectivity index (χ2n) is 7.04. The van der Waals surface area contributed by atoms with Gasteiger partial charge in [-0.2, -0.15) is 4.31 Å². The van der Waals surface area contributed by atoms with Crippen LogP contribution in [0.5, 0.6) is 0 Å². The Morgan fingerprint density at radius 3 is 2.42 bits per heavy atom. The summed E-state index contributed by atoms with van der Waals surface area (Å²) in [6.07, 6.45) is 0.423. The van der Waals surface area contributed by atoms with Crippen LogP contribution in [0.4, 0.5) is 18.3 Å². The molecule has 0 bridgehead atoms. The van der Waals surface area contributed by atoms with Crippen LogP contribution in [0.3, 0.4) is 0 Å². The second kappa shape index (κ2) is 8.78. The summed E-state index contributed by atoms with van der Waals surface area (Å²) >= 11 is 7.31. The van der Waals surface area contributed by atoms with Crippen LogP contribution >= 0.6 is 22.9 Å². The van der Waals surface area contributed by atoms with Crippen molar-refractivity contribution in [2.24, 2.45) is 0 Å². The summed E-state index contributed by atoms with van der Waals surface area (Å²) in [7, 11) is -4.06. The summed E-state index contributed by atoms with van der Waals surface area (Å²) in [6, 6.07) is 6.76. The van der Waals surface area contributed by atoms with Crippen molar-refractivity contribution in [2.45, 2.75) is 11.3 Å². The Balaban J connectivity index is 1.42. The molecule has 0 amide bonds. The largest absolute Gasteiger partial charge is 0.345 e. The van der Waals surface area contributed by atoms with Crippen LogP contribution in [0.25, 0.3) is 0 Å². The molecule has 4 rings (SSSR count). The van der Waals surface area contributed by atoms with Gasteiger partial charge in [0.1, 0.15) is 22.3 Å². The first-order valence-corrected chi connectivity index (χ1v) is 12.0. The maximum absolute atomic E-state index is 14.0. The van der Waals surface area contributed by atoms with E-state index in [-0.39, 0.29) is 13.1 Å². The average Bonchev–Trinajstić information content (AvgIpc) is 3.15. The molecule has 1 aliphatic rings. The second-order valence-corrected chi connectivity index (χ2v) is 10.2. The van der Waals surface area contributed by atoms with Crippen molar-refractivity contribution < 1.29 is 21.6 Å². The van der Waals surface area contributed by atoms with Crippen LogP contribution < -0.4 is 4.90 Å². The monoisotopic (exact) mass is 487 g/mol. The third-order valence-electron chi connectivity index (χ3n) is 4.87. The smallest absolute Gasteiger partial charge is 0.246 e. The first-order valence-electron chi connectivity index (χ1n) is 9.32. The van der Waals surface area contributed by atoms with E-state index in [0.717, 1.165) is 23.0 Å². The molecule has 1 aliphatic heterocycles. The van der Waals surface area contributed by atoms with Gasteiger partial charge in [-0.1, -0.05) is 11.6 Å². The molecule has 0 atom stereocenters. The fourth-order valence-electron chi connectivity index (χ4n) is 3.39. The van der Waals surface area contributed by atoms with Crippen LogP contribution in [0.15, 0.2) is 46.7 Å². The topological polar surface area (TPSA) is 53.5 Å². The van der Waals surface area contributed by atoms with Gasteiger partial charge in [0.2, 0.25) is 10.0 Å². The molecule has 1 aromatic heterocycles. The third kappa shape index (κ3) is 4.87. The zero-order valence-corrected chi connectivity index (χ0v) is 18.5. The van der Waals surface area contributed by atoms with Crippen molar-refractivity contribution >= 4 is 38.1 Å². The maximum atomic E-state index is 14.0. The van der Waals surface area contributed by atoms with E-state index in [0.29, 0.717) is 36.2 Å². The highest BCUT2D eigenvalue weighted by Gasteiger charge is 2.31. The number of sulfonamides is 1. The highest BCUT2D eigenvalue weighted by Crippen LogP contribution is 2.27. The number of nitrogens with zero attached hydrogens (tertiary/aromatic N) is 3. The average molecular weight is 488 g/mol. The number of piperazine rings is 1. The molecule has 0 radical (unpaired) electrons. The molecule has 31 heavy (non-hydrogen) atoms. The molecule has 0 N–H and O–H groups in total. The molecule has 2 aromatic carbocycles. The molecule has 1 fully saturated rings. The summed E-state index contributed by atoms with van der Waals surface area (Å²) in [5, 5.41) is 2.91. The van der Waals surface area contributed by atoms with Crippen LogP contribution in [0.2, 0.25) is 5.02 Å². The van der Waals surface area contributed by atoms with Gasteiger partial charge in [0.25, 0.3) is 0 Å². The van der Waals surface area contributed by atoms with Gasteiger partial charge in [-0.3, -0.25) is 0 Å². The normalized spacial score (nSPS) is 15.4. The van der Waals surface area contributed by atoms with Gasteiger partial charge >= 0.3 is 0 Å². The zero-order valence-electron chi connectivity index (χ0n) is 16.1. The first-order chi connectivity index (χ1) is 14.7. The molecule has 3 aromatic rings. The van der Waals surface area contributed by atoms with Crippen molar-refractivity contribution in [1.29, 1.82) is 0 Å².